The summed E-state index contributed by atoms with van der Waals surface area (Å²) in [5.74, 6) is 0. The molecule has 3 N–H and O–H groups in total. The zero-order valence-corrected chi connectivity index (χ0v) is 11.4. The van der Waals surface area contributed by atoms with Crippen molar-refractivity contribution in [3.05, 3.63) is 22.1 Å². The number of nitrogens with two attached hydrogens (primary N) is 1. The van der Waals surface area contributed by atoms with Crippen molar-refractivity contribution in [3.63, 3.8) is 0 Å². The van der Waals surface area contributed by atoms with Crippen molar-refractivity contribution in [3.8, 4) is 0 Å². The number of aryl methyl sites for hydroxylation is 1. The molecule has 0 fully saturated rings. The van der Waals surface area contributed by atoms with Gasteiger partial charge in [-0.2, -0.15) is 0 Å². The Balaban J connectivity index is 1.77. The van der Waals surface area contributed by atoms with Crippen molar-refractivity contribution in [2.75, 3.05) is 17.6 Å². The normalized spacial score (nSPS) is 10.6. The van der Waals surface area contributed by atoms with Gasteiger partial charge in [-0.05, 0) is 6.42 Å². The molecule has 0 aliphatic heterocycles. The summed E-state index contributed by atoms with van der Waals surface area (Å²) in [6.07, 6.45) is 3.08. The molecule has 0 saturated heterocycles. The maximum Gasteiger partial charge on any atom is 0.182 e. The van der Waals surface area contributed by atoms with Crippen molar-refractivity contribution >= 4 is 32.9 Å². The number of rotatable bonds is 6. The largest absolute Gasteiger partial charge is 0.375 e. The third-order valence-electron chi connectivity index (χ3n) is 2.28. The number of nitrogen functional groups attached to an aromatic ring is 1. The van der Waals surface area contributed by atoms with E-state index in [4.69, 9.17) is 5.73 Å². The van der Waals surface area contributed by atoms with Gasteiger partial charge in [-0.15, -0.1) is 22.7 Å². The van der Waals surface area contributed by atoms with Gasteiger partial charge >= 0.3 is 0 Å². The standard InChI is InChI=1S/C11H16N4S2/c1-2-3-8-7-17-11(15-8)13-5-4-9-6-16-10(12)14-9/h6-7H,2-5H2,1H3,(H2,12,14)(H,13,15). The van der Waals surface area contributed by atoms with Gasteiger partial charge in [0.2, 0.25) is 0 Å². The fourth-order valence-corrected chi connectivity index (χ4v) is 2.86. The number of thiazole rings is 2. The molecule has 0 saturated carbocycles. The van der Waals surface area contributed by atoms with Crippen LogP contribution in [-0.4, -0.2) is 16.5 Å². The summed E-state index contributed by atoms with van der Waals surface area (Å²) >= 11 is 3.15. The zero-order valence-electron chi connectivity index (χ0n) is 9.77. The SMILES string of the molecule is CCCc1csc(NCCc2csc(N)n2)n1. The third-order valence-corrected chi connectivity index (χ3v) is 3.86. The van der Waals surface area contributed by atoms with Crippen LogP contribution in [-0.2, 0) is 12.8 Å². The van der Waals surface area contributed by atoms with Gasteiger partial charge in [-0.25, -0.2) is 9.97 Å². The molecule has 2 aromatic rings. The topological polar surface area (TPSA) is 63.8 Å². The van der Waals surface area contributed by atoms with E-state index in [1.807, 2.05) is 5.38 Å². The van der Waals surface area contributed by atoms with Gasteiger partial charge in [-0.3, -0.25) is 0 Å². The number of hydrogen-bond donors (Lipinski definition) is 2. The molecule has 2 rings (SSSR count). The second-order valence-corrected chi connectivity index (χ2v) is 5.50. The Bertz CT molecular complexity index is 463. The van der Waals surface area contributed by atoms with Gasteiger partial charge in [0.1, 0.15) is 0 Å². The number of nitrogens with one attached hydrogen (secondary N) is 1. The Hall–Kier alpha value is -1.14. The Morgan fingerprint density at radius 1 is 1.18 bits per heavy atom. The average molecular weight is 268 g/mol. The molecule has 92 valence electrons. The molecule has 6 heteroatoms. The Morgan fingerprint density at radius 3 is 2.65 bits per heavy atom. The molecule has 0 aromatic carbocycles. The lowest BCUT2D eigenvalue weighted by molar-refractivity contribution is 0.890. The summed E-state index contributed by atoms with van der Waals surface area (Å²) in [7, 11) is 0. The minimum absolute atomic E-state index is 0.638. The van der Waals surface area contributed by atoms with Crippen LogP contribution in [0.4, 0.5) is 10.3 Å². The molecule has 0 atom stereocenters. The van der Waals surface area contributed by atoms with Gasteiger partial charge in [0, 0.05) is 23.7 Å². The second kappa shape index (κ2) is 5.97. The molecule has 2 heterocycles. The molecular weight excluding hydrogens is 252 g/mol. The zero-order chi connectivity index (χ0) is 12.1. The number of hydrogen-bond acceptors (Lipinski definition) is 6. The smallest absolute Gasteiger partial charge is 0.182 e. The van der Waals surface area contributed by atoms with E-state index in [2.05, 4.69) is 27.6 Å². The van der Waals surface area contributed by atoms with Crippen LogP contribution in [0.1, 0.15) is 24.7 Å². The summed E-state index contributed by atoms with van der Waals surface area (Å²) in [5, 5.41) is 9.07. The predicted octanol–water partition coefficient (Wildman–Crippen LogP) is 2.79. The lowest BCUT2D eigenvalue weighted by atomic mass is 10.3. The molecule has 0 bridgehead atoms. The van der Waals surface area contributed by atoms with Gasteiger partial charge in [0.25, 0.3) is 0 Å². The molecule has 0 unspecified atom stereocenters. The molecule has 0 aliphatic rings. The van der Waals surface area contributed by atoms with E-state index in [1.54, 1.807) is 11.3 Å². The van der Waals surface area contributed by atoms with Crippen molar-refractivity contribution in [2.45, 2.75) is 26.2 Å². The molecule has 17 heavy (non-hydrogen) atoms. The highest BCUT2D eigenvalue weighted by molar-refractivity contribution is 7.13. The third kappa shape index (κ3) is 3.67. The lowest BCUT2D eigenvalue weighted by Crippen LogP contribution is -2.05. The monoisotopic (exact) mass is 268 g/mol. The van der Waals surface area contributed by atoms with Gasteiger partial charge in [0.05, 0.1) is 11.4 Å². The van der Waals surface area contributed by atoms with E-state index in [0.717, 1.165) is 36.6 Å². The molecule has 0 aliphatic carbocycles. The van der Waals surface area contributed by atoms with E-state index >= 15 is 0 Å². The Kier molecular flexibility index (Phi) is 4.33. The molecule has 0 radical (unpaired) electrons. The second-order valence-electron chi connectivity index (χ2n) is 3.75. The highest BCUT2D eigenvalue weighted by Gasteiger charge is 2.02. The van der Waals surface area contributed by atoms with Gasteiger partial charge in [-0.1, -0.05) is 13.3 Å². The number of nitrogens with zero attached hydrogens (tertiary/aromatic N) is 2. The first-order chi connectivity index (χ1) is 8.28. The highest BCUT2D eigenvalue weighted by Crippen LogP contribution is 2.17. The van der Waals surface area contributed by atoms with Crippen LogP contribution < -0.4 is 11.1 Å². The van der Waals surface area contributed by atoms with E-state index in [1.165, 1.54) is 17.0 Å². The number of aromatic nitrogens is 2. The van der Waals surface area contributed by atoms with Crippen LogP contribution in [0.2, 0.25) is 0 Å². The first-order valence-corrected chi connectivity index (χ1v) is 7.42. The highest BCUT2D eigenvalue weighted by atomic mass is 32.1. The van der Waals surface area contributed by atoms with Crippen molar-refractivity contribution in [2.24, 2.45) is 0 Å². The van der Waals surface area contributed by atoms with Crippen LogP contribution in [0.25, 0.3) is 0 Å². The first-order valence-electron chi connectivity index (χ1n) is 5.66. The molecule has 2 aromatic heterocycles. The maximum absolute atomic E-state index is 5.57. The summed E-state index contributed by atoms with van der Waals surface area (Å²) in [6.45, 7) is 3.02. The summed E-state index contributed by atoms with van der Waals surface area (Å²) < 4.78 is 0. The average Bonchev–Trinajstić information content (AvgIpc) is 2.89. The summed E-state index contributed by atoms with van der Waals surface area (Å²) in [5.41, 5.74) is 7.80. The summed E-state index contributed by atoms with van der Waals surface area (Å²) in [4.78, 5) is 8.72. The van der Waals surface area contributed by atoms with Crippen LogP contribution >= 0.6 is 22.7 Å². The van der Waals surface area contributed by atoms with E-state index in [-0.39, 0.29) is 0 Å². The van der Waals surface area contributed by atoms with E-state index in [0.29, 0.717) is 5.13 Å². The summed E-state index contributed by atoms with van der Waals surface area (Å²) in [6, 6.07) is 0. The molecule has 0 amide bonds. The van der Waals surface area contributed by atoms with Crippen molar-refractivity contribution in [1.29, 1.82) is 0 Å². The van der Waals surface area contributed by atoms with Gasteiger partial charge in [0.15, 0.2) is 10.3 Å². The first kappa shape index (κ1) is 12.3. The fraction of sp³-hybridized carbons (Fsp3) is 0.455. The molecule has 0 spiro atoms. The van der Waals surface area contributed by atoms with Crippen LogP contribution in [0.3, 0.4) is 0 Å². The van der Waals surface area contributed by atoms with Crippen LogP contribution in [0, 0.1) is 0 Å². The van der Waals surface area contributed by atoms with Crippen molar-refractivity contribution in [1.82, 2.24) is 9.97 Å². The molecular formula is C11H16N4S2. The Labute approximate surface area is 109 Å². The van der Waals surface area contributed by atoms with Crippen LogP contribution in [0.5, 0.6) is 0 Å². The minimum Gasteiger partial charge on any atom is -0.375 e. The van der Waals surface area contributed by atoms with Gasteiger partial charge < -0.3 is 11.1 Å². The lowest BCUT2D eigenvalue weighted by Gasteiger charge is -1.99. The quantitative estimate of drug-likeness (QED) is 0.845. The van der Waals surface area contributed by atoms with E-state index in [9.17, 15) is 0 Å². The maximum atomic E-state index is 5.57. The minimum atomic E-state index is 0.638. The van der Waals surface area contributed by atoms with Crippen LogP contribution in [0.15, 0.2) is 10.8 Å². The molecule has 4 nitrogen and oxygen atoms in total. The Morgan fingerprint density at radius 2 is 1.94 bits per heavy atom. The van der Waals surface area contributed by atoms with E-state index < -0.39 is 0 Å². The number of anilines is 2. The fourth-order valence-electron chi connectivity index (χ4n) is 1.49. The van der Waals surface area contributed by atoms with Crippen molar-refractivity contribution < 1.29 is 0 Å². The predicted molar refractivity (Wildman–Crippen MR) is 74.8 cm³/mol.